The van der Waals surface area contributed by atoms with Gasteiger partial charge in [0.15, 0.2) is 0 Å². The Hall–Kier alpha value is -1.39. The minimum absolute atomic E-state index is 0.0112. The first-order valence-corrected chi connectivity index (χ1v) is 5.20. The molecule has 0 saturated carbocycles. The molecule has 0 radical (unpaired) electrons. The van der Waals surface area contributed by atoms with E-state index >= 15 is 0 Å². The van der Waals surface area contributed by atoms with Crippen molar-refractivity contribution in [2.45, 2.75) is 6.42 Å². The lowest BCUT2D eigenvalue weighted by Crippen LogP contribution is -1.99. The highest BCUT2D eigenvalue weighted by Crippen LogP contribution is 2.21. The molecule has 5 heteroatoms. The van der Waals surface area contributed by atoms with Gasteiger partial charge in [0.1, 0.15) is 16.7 Å². The lowest BCUT2D eigenvalue weighted by molar-refractivity contribution is 0.299. The van der Waals surface area contributed by atoms with Gasteiger partial charge in [-0.15, -0.1) is 0 Å². The molecule has 3 nitrogen and oxygen atoms in total. The predicted molar refractivity (Wildman–Crippen MR) is 59.3 cm³/mol. The lowest BCUT2D eigenvalue weighted by Gasteiger charge is -2.04. The Kier molecular flexibility index (Phi) is 3.22. The largest absolute Gasteiger partial charge is 0.396 e. The summed E-state index contributed by atoms with van der Waals surface area (Å²) in [6.07, 6.45) is 1.94. The zero-order valence-corrected chi connectivity index (χ0v) is 9.15. The van der Waals surface area contributed by atoms with E-state index in [2.05, 4.69) is 5.10 Å². The van der Waals surface area contributed by atoms with Crippen molar-refractivity contribution < 1.29 is 9.50 Å². The Morgan fingerprint density at radius 3 is 2.81 bits per heavy atom. The minimum Gasteiger partial charge on any atom is -0.396 e. The van der Waals surface area contributed by atoms with Crippen molar-refractivity contribution in [3.05, 3.63) is 47.0 Å². The molecular formula is C11H10ClFN2O. The fraction of sp³-hybridized carbons (Fsp3) is 0.182. The summed E-state index contributed by atoms with van der Waals surface area (Å²) >= 11 is 6.03. The van der Waals surface area contributed by atoms with E-state index < -0.39 is 0 Å². The lowest BCUT2D eigenvalue weighted by atomic mass is 10.2. The third-order valence-electron chi connectivity index (χ3n) is 2.24. The van der Waals surface area contributed by atoms with E-state index in [-0.39, 0.29) is 12.4 Å². The van der Waals surface area contributed by atoms with Crippen molar-refractivity contribution in [3.8, 4) is 5.69 Å². The van der Waals surface area contributed by atoms with Crippen molar-refractivity contribution in [1.29, 1.82) is 0 Å². The van der Waals surface area contributed by atoms with Crippen molar-refractivity contribution >= 4 is 11.6 Å². The molecule has 2 aromatic rings. The molecule has 0 aliphatic rings. The highest BCUT2D eigenvalue weighted by Gasteiger charge is 2.12. The second-order valence-corrected chi connectivity index (χ2v) is 3.66. The molecule has 2 rings (SSSR count). The maximum Gasteiger partial charge on any atom is 0.148 e. The van der Waals surface area contributed by atoms with Gasteiger partial charge in [0, 0.05) is 18.6 Å². The van der Waals surface area contributed by atoms with Crippen molar-refractivity contribution in [2.75, 3.05) is 6.61 Å². The van der Waals surface area contributed by atoms with Gasteiger partial charge >= 0.3 is 0 Å². The fourth-order valence-electron chi connectivity index (χ4n) is 1.45. The van der Waals surface area contributed by atoms with Crippen LogP contribution in [0.15, 0.2) is 30.5 Å². The van der Waals surface area contributed by atoms with Crippen LogP contribution < -0.4 is 0 Å². The van der Waals surface area contributed by atoms with Gasteiger partial charge in [-0.05, 0) is 12.1 Å². The highest BCUT2D eigenvalue weighted by molar-refractivity contribution is 6.30. The maximum atomic E-state index is 13.5. The summed E-state index contributed by atoms with van der Waals surface area (Å²) in [6, 6.07) is 6.25. The third-order valence-corrected chi connectivity index (χ3v) is 2.64. The van der Waals surface area contributed by atoms with Gasteiger partial charge < -0.3 is 5.11 Å². The first-order valence-electron chi connectivity index (χ1n) is 4.82. The number of aliphatic hydroxyl groups is 1. The van der Waals surface area contributed by atoms with E-state index in [1.165, 1.54) is 16.9 Å². The number of halogens is 2. The molecule has 1 aromatic heterocycles. The van der Waals surface area contributed by atoms with Crippen LogP contribution in [0.4, 0.5) is 4.39 Å². The summed E-state index contributed by atoms with van der Waals surface area (Å²) in [5.41, 5.74) is 1.00. The molecule has 0 fully saturated rings. The molecule has 84 valence electrons. The van der Waals surface area contributed by atoms with E-state index in [0.29, 0.717) is 22.8 Å². The quantitative estimate of drug-likeness (QED) is 0.893. The molecular weight excluding hydrogens is 231 g/mol. The second-order valence-electron chi connectivity index (χ2n) is 3.30. The van der Waals surface area contributed by atoms with Gasteiger partial charge in [0.25, 0.3) is 0 Å². The molecule has 0 bridgehead atoms. The molecule has 1 aromatic carbocycles. The number of aliphatic hydroxyl groups excluding tert-OH is 1. The average molecular weight is 241 g/mol. The van der Waals surface area contributed by atoms with E-state index in [1.807, 2.05) is 0 Å². The van der Waals surface area contributed by atoms with E-state index in [1.54, 1.807) is 18.2 Å². The Morgan fingerprint density at radius 1 is 1.38 bits per heavy atom. The molecule has 0 saturated heterocycles. The first kappa shape index (κ1) is 11.1. The van der Waals surface area contributed by atoms with Gasteiger partial charge in [0.2, 0.25) is 0 Å². The van der Waals surface area contributed by atoms with Crippen LogP contribution in [0.25, 0.3) is 5.69 Å². The Balaban J connectivity index is 2.45. The van der Waals surface area contributed by atoms with E-state index in [4.69, 9.17) is 16.7 Å². The molecule has 1 N–H and O–H groups in total. The first-order chi connectivity index (χ1) is 7.74. The van der Waals surface area contributed by atoms with Gasteiger partial charge in [-0.3, -0.25) is 0 Å². The summed E-state index contributed by atoms with van der Waals surface area (Å²) in [7, 11) is 0. The second kappa shape index (κ2) is 4.63. The number of aromatic nitrogens is 2. The van der Waals surface area contributed by atoms with Crippen molar-refractivity contribution in [1.82, 2.24) is 9.78 Å². The summed E-state index contributed by atoms with van der Waals surface area (Å²) in [6.45, 7) is -0.0112. The van der Waals surface area contributed by atoms with Crippen molar-refractivity contribution in [2.24, 2.45) is 0 Å². The van der Waals surface area contributed by atoms with Crippen LogP contribution in [0.5, 0.6) is 0 Å². The molecule has 0 atom stereocenters. The monoisotopic (exact) mass is 240 g/mol. The standard InChI is InChI=1S/C11H10ClFN2O/c12-11-8(5-6-16)7-14-15(11)10-4-2-1-3-9(10)13/h1-4,7,16H,5-6H2. The number of nitrogens with zero attached hydrogens (tertiary/aromatic N) is 2. The van der Waals surface area contributed by atoms with Crippen LogP contribution in [-0.4, -0.2) is 21.5 Å². The summed E-state index contributed by atoms with van der Waals surface area (Å²) in [4.78, 5) is 0. The Labute approximate surface area is 97.1 Å². The molecule has 1 heterocycles. The Morgan fingerprint density at radius 2 is 2.12 bits per heavy atom. The van der Waals surface area contributed by atoms with Gasteiger partial charge in [-0.1, -0.05) is 23.7 Å². The van der Waals surface area contributed by atoms with Crippen LogP contribution >= 0.6 is 11.6 Å². The fourth-order valence-corrected chi connectivity index (χ4v) is 1.72. The van der Waals surface area contributed by atoms with Gasteiger partial charge in [-0.2, -0.15) is 5.10 Å². The van der Waals surface area contributed by atoms with Crippen LogP contribution in [0.3, 0.4) is 0 Å². The number of para-hydroxylation sites is 1. The SMILES string of the molecule is OCCc1cnn(-c2ccccc2F)c1Cl. The summed E-state index contributed by atoms with van der Waals surface area (Å²) < 4.78 is 14.8. The van der Waals surface area contributed by atoms with Crippen LogP contribution in [0.1, 0.15) is 5.56 Å². The average Bonchev–Trinajstić information content (AvgIpc) is 2.62. The van der Waals surface area contributed by atoms with Gasteiger partial charge in [-0.25, -0.2) is 9.07 Å². The number of benzene rings is 1. The number of hydrogen-bond donors (Lipinski definition) is 1. The molecule has 0 aliphatic carbocycles. The summed E-state index contributed by atoms with van der Waals surface area (Å²) in [5.74, 6) is -0.386. The molecule has 0 spiro atoms. The third kappa shape index (κ3) is 1.94. The minimum atomic E-state index is -0.386. The predicted octanol–water partition coefficient (Wildman–Crippen LogP) is 2.20. The highest BCUT2D eigenvalue weighted by atomic mass is 35.5. The zero-order chi connectivity index (χ0) is 11.5. The molecule has 0 amide bonds. The van der Waals surface area contributed by atoms with Crippen LogP contribution in [0.2, 0.25) is 5.15 Å². The van der Waals surface area contributed by atoms with Crippen LogP contribution in [-0.2, 0) is 6.42 Å². The Bertz CT molecular complexity index is 498. The maximum absolute atomic E-state index is 13.5. The topological polar surface area (TPSA) is 38.1 Å². The number of hydrogen-bond acceptors (Lipinski definition) is 2. The van der Waals surface area contributed by atoms with E-state index in [0.717, 1.165) is 0 Å². The molecule has 0 unspecified atom stereocenters. The molecule has 0 aliphatic heterocycles. The number of rotatable bonds is 3. The smallest absolute Gasteiger partial charge is 0.148 e. The van der Waals surface area contributed by atoms with Gasteiger partial charge in [0.05, 0.1) is 6.20 Å². The zero-order valence-electron chi connectivity index (χ0n) is 8.40. The van der Waals surface area contributed by atoms with Crippen molar-refractivity contribution in [3.63, 3.8) is 0 Å². The van der Waals surface area contributed by atoms with E-state index in [9.17, 15) is 4.39 Å². The summed E-state index contributed by atoms with van der Waals surface area (Å²) in [5, 5.41) is 13.1. The normalized spacial score (nSPS) is 10.7. The molecule has 16 heavy (non-hydrogen) atoms. The van der Waals surface area contributed by atoms with Crippen LogP contribution in [0, 0.1) is 5.82 Å².